The molecule has 2 heterocycles. The number of hydrogen-bond donors (Lipinski definition) is 0. The number of rotatable bonds is 3. The van der Waals surface area contributed by atoms with Crippen LogP contribution in [0.2, 0.25) is 5.15 Å². The molecular formula is C11H16ClN3O. The van der Waals surface area contributed by atoms with E-state index in [-0.39, 0.29) is 0 Å². The normalized spacial score (nSPS) is 25.1. The lowest BCUT2D eigenvalue weighted by Gasteiger charge is -2.17. The van der Waals surface area contributed by atoms with Crippen LogP contribution in [0, 0.1) is 11.8 Å². The first-order chi connectivity index (χ1) is 7.72. The molecule has 2 atom stereocenters. The molecule has 16 heavy (non-hydrogen) atoms. The van der Waals surface area contributed by atoms with Crippen LogP contribution >= 0.6 is 11.6 Å². The minimum Gasteiger partial charge on any atom is -0.384 e. The molecule has 0 aromatic carbocycles. The largest absolute Gasteiger partial charge is 0.384 e. The van der Waals surface area contributed by atoms with Crippen molar-refractivity contribution in [2.75, 3.05) is 31.7 Å². The Labute approximate surface area is 101 Å². The molecule has 88 valence electrons. The molecule has 0 radical (unpaired) electrons. The smallest absolute Gasteiger partial charge is 0.171 e. The summed E-state index contributed by atoms with van der Waals surface area (Å²) in [6.07, 6.45) is 3.29. The van der Waals surface area contributed by atoms with E-state index in [1.165, 1.54) is 0 Å². The molecule has 2 unspecified atom stereocenters. The van der Waals surface area contributed by atoms with Gasteiger partial charge in [-0.15, -0.1) is 0 Å². The second-order valence-electron chi connectivity index (χ2n) is 4.27. The summed E-state index contributed by atoms with van der Waals surface area (Å²) in [6, 6.07) is 0. The van der Waals surface area contributed by atoms with Gasteiger partial charge in [0, 0.05) is 38.5 Å². The number of aromatic nitrogens is 2. The third kappa shape index (κ3) is 2.28. The number of anilines is 1. The molecule has 0 aliphatic carbocycles. The minimum atomic E-state index is 0.479. The van der Waals surface area contributed by atoms with E-state index < -0.39 is 0 Å². The van der Waals surface area contributed by atoms with Gasteiger partial charge in [-0.3, -0.25) is 0 Å². The molecule has 0 bridgehead atoms. The third-order valence-electron chi connectivity index (χ3n) is 3.08. The van der Waals surface area contributed by atoms with E-state index in [1.54, 1.807) is 19.5 Å². The van der Waals surface area contributed by atoms with Gasteiger partial charge < -0.3 is 9.64 Å². The highest BCUT2D eigenvalue weighted by Gasteiger charge is 2.31. The van der Waals surface area contributed by atoms with Gasteiger partial charge in [-0.1, -0.05) is 18.5 Å². The van der Waals surface area contributed by atoms with Gasteiger partial charge in [-0.2, -0.15) is 0 Å². The average Bonchev–Trinajstić information content (AvgIpc) is 2.61. The van der Waals surface area contributed by atoms with Crippen LogP contribution in [0.15, 0.2) is 12.4 Å². The van der Waals surface area contributed by atoms with Crippen LogP contribution in [0.4, 0.5) is 5.82 Å². The molecule has 1 aromatic rings. The molecule has 0 N–H and O–H groups in total. The Hall–Kier alpha value is -0.870. The monoisotopic (exact) mass is 241 g/mol. The van der Waals surface area contributed by atoms with Gasteiger partial charge in [-0.25, -0.2) is 9.97 Å². The Kier molecular flexibility index (Phi) is 3.61. The van der Waals surface area contributed by atoms with Crippen LogP contribution in [0.5, 0.6) is 0 Å². The third-order valence-corrected chi connectivity index (χ3v) is 3.35. The van der Waals surface area contributed by atoms with Crippen molar-refractivity contribution in [2.24, 2.45) is 11.8 Å². The Morgan fingerprint density at radius 2 is 2.19 bits per heavy atom. The fraction of sp³-hybridized carbons (Fsp3) is 0.636. The maximum atomic E-state index is 6.03. The summed E-state index contributed by atoms with van der Waals surface area (Å²) in [7, 11) is 1.74. The summed E-state index contributed by atoms with van der Waals surface area (Å²) in [5.41, 5.74) is 0. The molecule has 1 aromatic heterocycles. The second-order valence-corrected chi connectivity index (χ2v) is 4.63. The van der Waals surface area contributed by atoms with Gasteiger partial charge in [0.2, 0.25) is 0 Å². The molecule has 5 heteroatoms. The van der Waals surface area contributed by atoms with Gasteiger partial charge in [0.1, 0.15) is 0 Å². The van der Waals surface area contributed by atoms with Crippen molar-refractivity contribution in [3.05, 3.63) is 17.5 Å². The molecule has 2 rings (SSSR count). The maximum absolute atomic E-state index is 6.03. The zero-order valence-corrected chi connectivity index (χ0v) is 10.3. The standard InChI is InChI=1S/C11H16ClN3O/c1-8-5-15(6-9(8)7-16-2)11-10(12)13-3-4-14-11/h3-4,8-9H,5-7H2,1-2H3. The molecule has 0 spiro atoms. The van der Waals surface area contributed by atoms with Crippen molar-refractivity contribution < 1.29 is 4.74 Å². The summed E-state index contributed by atoms with van der Waals surface area (Å²) in [5, 5.41) is 0.479. The Balaban J connectivity index is 2.11. The van der Waals surface area contributed by atoms with Gasteiger partial charge in [0.15, 0.2) is 11.0 Å². The van der Waals surface area contributed by atoms with Gasteiger partial charge in [-0.05, 0) is 5.92 Å². The first-order valence-corrected chi connectivity index (χ1v) is 5.80. The molecule has 0 amide bonds. The van der Waals surface area contributed by atoms with E-state index >= 15 is 0 Å². The maximum Gasteiger partial charge on any atom is 0.171 e. The van der Waals surface area contributed by atoms with Crippen LogP contribution in [0.3, 0.4) is 0 Å². The molecule has 4 nitrogen and oxygen atoms in total. The lowest BCUT2D eigenvalue weighted by Crippen LogP contribution is -2.22. The Morgan fingerprint density at radius 1 is 1.44 bits per heavy atom. The van der Waals surface area contributed by atoms with Crippen molar-refractivity contribution in [3.63, 3.8) is 0 Å². The fourth-order valence-electron chi connectivity index (χ4n) is 2.16. The topological polar surface area (TPSA) is 38.2 Å². The highest BCUT2D eigenvalue weighted by Crippen LogP contribution is 2.29. The first kappa shape index (κ1) is 11.6. The van der Waals surface area contributed by atoms with E-state index in [1.807, 2.05) is 0 Å². The molecule has 1 fully saturated rings. The van der Waals surface area contributed by atoms with Gasteiger partial charge >= 0.3 is 0 Å². The predicted molar refractivity (Wildman–Crippen MR) is 63.8 cm³/mol. The molecule has 1 saturated heterocycles. The number of hydrogen-bond acceptors (Lipinski definition) is 4. The van der Waals surface area contributed by atoms with Crippen LogP contribution < -0.4 is 4.90 Å². The van der Waals surface area contributed by atoms with Gasteiger partial charge in [0.25, 0.3) is 0 Å². The Bertz CT molecular complexity index is 361. The highest BCUT2D eigenvalue weighted by atomic mass is 35.5. The van der Waals surface area contributed by atoms with Crippen LogP contribution in [0.1, 0.15) is 6.92 Å². The quantitative estimate of drug-likeness (QED) is 0.810. The van der Waals surface area contributed by atoms with E-state index in [0.717, 1.165) is 25.5 Å². The summed E-state index contributed by atoms with van der Waals surface area (Å²) in [4.78, 5) is 10.5. The van der Waals surface area contributed by atoms with Crippen LogP contribution in [-0.2, 0) is 4.74 Å². The van der Waals surface area contributed by atoms with Gasteiger partial charge in [0.05, 0.1) is 6.61 Å². The van der Waals surface area contributed by atoms with E-state index in [2.05, 4.69) is 21.8 Å². The van der Waals surface area contributed by atoms with Crippen LogP contribution in [-0.4, -0.2) is 36.8 Å². The second kappa shape index (κ2) is 4.97. The first-order valence-electron chi connectivity index (χ1n) is 5.42. The van der Waals surface area contributed by atoms with Crippen molar-refractivity contribution >= 4 is 17.4 Å². The lowest BCUT2D eigenvalue weighted by molar-refractivity contribution is 0.144. The zero-order chi connectivity index (χ0) is 11.5. The summed E-state index contributed by atoms with van der Waals surface area (Å²) in [5.74, 6) is 1.93. The average molecular weight is 242 g/mol. The van der Waals surface area contributed by atoms with E-state index in [0.29, 0.717) is 17.0 Å². The number of nitrogens with zero attached hydrogens (tertiary/aromatic N) is 3. The highest BCUT2D eigenvalue weighted by molar-refractivity contribution is 6.31. The summed E-state index contributed by atoms with van der Waals surface area (Å²) in [6.45, 7) is 4.92. The number of halogens is 1. The molecule has 0 saturated carbocycles. The fourth-order valence-corrected chi connectivity index (χ4v) is 2.39. The van der Waals surface area contributed by atoms with Crippen molar-refractivity contribution in [1.82, 2.24) is 9.97 Å². The van der Waals surface area contributed by atoms with E-state index in [4.69, 9.17) is 16.3 Å². The zero-order valence-electron chi connectivity index (χ0n) is 9.56. The predicted octanol–water partition coefficient (Wildman–Crippen LogP) is 1.85. The molecule has 1 aliphatic heterocycles. The lowest BCUT2D eigenvalue weighted by atomic mass is 10.00. The Morgan fingerprint density at radius 3 is 2.88 bits per heavy atom. The number of methoxy groups -OCH3 is 1. The van der Waals surface area contributed by atoms with Crippen molar-refractivity contribution in [3.8, 4) is 0 Å². The summed E-state index contributed by atoms with van der Waals surface area (Å²) >= 11 is 6.03. The molecule has 1 aliphatic rings. The van der Waals surface area contributed by atoms with Crippen molar-refractivity contribution in [1.29, 1.82) is 0 Å². The summed E-state index contributed by atoms with van der Waals surface area (Å²) < 4.78 is 5.21. The number of ether oxygens (including phenoxy) is 1. The van der Waals surface area contributed by atoms with Crippen LogP contribution in [0.25, 0.3) is 0 Å². The SMILES string of the molecule is COCC1CN(c2nccnc2Cl)CC1C. The van der Waals surface area contributed by atoms with Crippen molar-refractivity contribution in [2.45, 2.75) is 6.92 Å². The molecular weight excluding hydrogens is 226 g/mol. The van der Waals surface area contributed by atoms with E-state index in [9.17, 15) is 0 Å². The minimum absolute atomic E-state index is 0.479.